The van der Waals surface area contributed by atoms with Gasteiger partial charge < -0.3 is 14.8 Å². The van der Waals surface area contributed by atoms with E-state index in [4.69, 9.17) is 9.90 Å². The van der Waals surface area contributed by atoms with Gasteiger partial charge in [0.1, 0.15) is 0 Å². The quantitative estimate of drug-likeness (QED) is 0.717. The highest BCUT2D eigenvalue weighted by Gasteiger charge is 2.26. The van der Waals surface area contributed by atoms with Crippen molar-refractivity contribution in [2.75, 3.05) is 13.1 Å². The summed E-state index contributed by atoms with van der Waals surface area (Å²) in [6.07, 6.45) is 7.14. The summed E-state index contributed by atoms with van der Waals surface area (Å²) in [5, 5.41) is 8.89. The second-order valence-electron chi connectivity index (χ2n) is 4.28. The highest BCUT2D eigenvalue weighted by Crippen LogP contribution is 2.05. The largest absolute Gasteiger partial charge is 0.550 e. The third kappa shape index (κ3) is 7.37. The van der Waals surface area contributed by atoms with Crippen LogP contribution in [0.3, 0.4) is 0 Å². The number of carbonyl (C=O) groups is 1. The van der Waals surface area contributed by atoms with Crippen molar-refractivity contribution in [2.24, 2.45) is 0 Å². The molecule has 2 atom stereocenters. The molecule has 1 saturated heterocycles. The van der Waals surface area contributed by atoms with Crippen LogP contribution in [-0.4, -0.2) is 25.1 Å². The van der Waals surface area contributed by atoms with Crippen molar-refractivity contribution in [2.45, 2.75) is 58.9 Å². The molecule has 15 heavy (non-hydrogen) atoms. The van der Waals surface area contributed by atoms with Crippen molar-refractivity contribution < 1.29 is 14.8 Å². The van der Waals surface area contributed by atoms with Crippen molar-refractivity contribution in [3.05, 3.63) is 0 Å². The lowest BCUT2D eigenvalue weighted by Gasteiger charge is -2.20. The molecule has 0 radical (unpaired) electrons. The Kier molecular flexibility index (Phi) is 8.38. The summed E-state index contributed by atoms with van der Waals surface area (Å²) in [5.41, 5.74) is 0. The van der Waals surface area contributed by atoms with E-state index in [1.807, 2.05) is 4.90 Å². The first-order valence-electron chi connectivity index (χ1n) is 6.13. The molecule has 1 N–H and O–H groups in total. The van der Waals surface area contributed by atoms with Gasteiger partial charge in [0.2, 0.25) is 0 Å². The van der Waals surface area contributed by atoms with E-state index in [9.17, 15) is 0 Å². The minimum absolute atomic E-state index is 0.972. The van der Waals surface area contributed by atoms with Crippen molar-refractivity contribution >= 4 is 5.97 Å². The first-order valence-corrected chi connectivity index (χ1v) is 6.13. The molecule has 0 spiro atoms. The van der Waals surface area contributed by atoms with Gasteiger partial charge in [0.15, 0.2) is 0 Å². The molecule has 3 nitrogen and oxygen atoms in total. The molecule has 1 fully saturated rings. The normalized spacial score (nSPS) is 24.5. The summed E-state index contributed by atoms with van der Waals surface area (Å²) in [5.74, 6) is -1.08. The van der Waals surface area contributed by atoms with Crippen molar-refractivity contribution in [3.63, 3.8) is 0 Å². The van der Waals surface area contributed by atoms with Crippen molar-refractivity contribution in [1.82, 2.24) is 0 Å². The highest BCUT2D eigenvalue weighted by molar-refractivity contribution is 5.60. The zero-order chi connectivity index (χ0) is 11.7. The number of hydrogen-bond acceptors (Lipinski definition) is 2. The maximum atomic E-state index is 8.89. The molecule has 0 amide bonds. The van der Waals surface area contributed by atoms with Gasteiger partial charge in [-0.25, -0.2) is 0 Å². The summed E-state index contributed by atoms with van der Waals surface area (Å²) in [6, 6.07) is 1.01. The van der Waals surface area contributed by atoms with Gasteiger partial charge in [0.25, 0.3) is 0 Å². The summed E-state index contributed by atoms with van der Waals surface area (Å²) in [7, 11) is 0. The van der Waals surface area contributed by atoms with Gasteiger partial charge >= 0.3 is 0 Å². The Morgan fingerprint density at radius 1 is 1.40 bits per heavy atom. The number of carboxylic acids is 1. The molecule has 0 aliphatic carbocycles. The summed E-state index contributed by atoms with van der Waals surface area (Å²) >= 11 is 0. The molecule has 1 rings (SSSR count). The average Bonchev–Trinajstić information content (AvgIpc) is 2.53. The average molecular weight is 215 g/mol. The van der Waals surface area contributed by atoms with E-state index in [2.05, 4.69) is 13.8 Å². The fourth-order valence-corrected chi connectivity index (χ4v) is 2.33. The van der Waals surface area contributed by atoms with Crippen molar-refractivity contribution in [1.29, 1.82) is 0 Å². The highest BCUT2D eigenvalue weighted by atomic mass is 16.4. The molecule has 0 saturated carbocycles. The van der Waals surface area contributed by atoms with Crippen LogP contribution in [0.5, 0.6) is 0 Å². The fraction of sp³-hybridized carbons (Fsp3) is 0.917. The number of quaternary nitrogens is 1. The first kappa shape index (κ1) is 14.4. The van der Waals surface area contributed by atoms with E-state index >= 15 is 0 Å². The lowest BCUT2D eigenvalue weighted by molar-refractivity contribution is -0.912. The molecular formula is C12H25NO2. The smallest absolute Gasteiger partial charge is 0.0876 e. The maximum Gasteiger partial charge on any atom is 0.0876 e. The summed E-state index contributed by atoms with van der Waals surface area (Å²) < 4.78 is 0. The van der Waals surface area contributed by atoms with Gasteiger partial charge in [-0.3, -0.25) is 0 Å². The Morgan fingerprint density at radius 3 is 2.47 bits per heavy atom. The van der Waals surface area contributed by atoms with Gasteiger partial charge in [-0.2, -0.15) is 0 Å². The number of likely N-dealkylation sites (tertiary alicyclic amines) is 1. The molecule has 2 unspecified atom stereocenters. The Labute approximate surface area is 93.5 Å². The van der Waals surface area contributed by atoms with Crippen LogP contribution in [0, 0.1) is 0 Å². The lowest BCUT2D eigenvalue weighted by atomic mass is 10.1. The topological polar surface area (TPSA) is 44.6 Å². The molecular weight excluding hydrogens is 190 g/mol. The molecule has 90 valence electrons. The van der Waals surface area contributed by atoms with Crippen LogP contribution in [0.15, 0.2) is 0 Å². The monoisotopic (exact) mass is 215 g/mol. The van der Waals surface area contributed by atoms with Crippen LogP contribution in [0.25, 0.3) is 0 Å². The van der Waals surface area contributed by atoms with E-state index in [1.165, 1.54) is 45.2 Å². The number of hydrogen-bond donors (Lipinski definition) is 1. The SMILES string of the molecule is CC(=O)[O-].CCCC1CCC[NH+]1CCC. The lowest BCUT2D eigenvalue weighted by Crippen LogP contribution is -3.13. The Bertz CT molecular complexity index is 155. The third-order valence-electron chi connectivity index (χ3n) is 2.84. The van der Waals surface area contributed by atoms with E-state index < -0.39 is 5.97 Å². The number of carbonyl (C=O) groups excluding carboxylic acids is 1. The minimum atomic E-state index is -1.08. The molecule has 0 bridgehead atoms. The zero-order valence-corrected chi connectivity index (χ0v) is 10.3. The predicted octanol–water partition coefficient (Wildman–Crippen LogP) is 0.00000000000000111. The fourth-order valence-electron chi connectivity index (χ4n) is 2.33. The second kappa shape index (κ2) is 8.72. The number of nitrogens with one attached hydrogen (secondary N) is 1. The number of rotatable bonds is 4. The number of carboxylic acid groups (broad SMARTS) is 1. The Balaban J connectivity index is 0.000000423. The second-order valence-corrected chi connectivity index (χ2v) is 4.28. The first-order chi connectivity index (χ1) is 7.11. The maximum absolute atomic E-state index is 8.89. The zero-order valence-electron chi connectivity index (χ0n) is 10.3. The van der Waals surface area contributed by atoms with Crippen molar-refractivity contribution in [3.8, 4) is 0 Å². The van der Waals surface area contributed by atoms with E-state index in [0.29, 0.717) is 0 Å². The predicted molar refractivity (Wildman–Crippen MR) is 59.6 cm³/mol. The third-order valence-corrected chi connectivity index (χ3v) is 2.84. The minimum Gasteiger partial charge on any atom is -0.550 e. The van der Waals surface area contributed by atoms with E-state index in [0.717, 1.165) is 13.0 Å². The van der Waals surface area contributed by atoms with Crippen LogP contribution in [0.1, 0.15) is 52.9 Å². The van der Waals surface area contributed by atoms with E-state index in [1.54, 1.807) is 0 Å². The van der Waals surface area contributed by atoms with E-state index in [-0.39, 0.29) is 0 Å². The Morgan fingerprint density at radius 2 is 2.00 bits per heavy atom. The Hall–Kier alpha value is -0.570. The molecule has 1 aliphatic heterocycles. The summed E-state index contributed by atoms with van der Waals surface area (Å²) in [6.45, 7) is 8.43. The van der Waals surface area contributed by atoms with Gasteiger partial charge in [-0.15, -0.1) is 0 Å². The molecule has 1 aliphatic rings. The van der Waals surface area contributed by atoms with Crippen LogP contribution in [0.4, 0.5) is 0 Å². The molecule has 0 aromatic heterocycles. The van der Waals surface area contributed by atoms with Crippen LogP contribution >= 0.6 is 0 Å². The van der Waals surface area contributed by atoms with Gasteiger partial charge in [-0.1, -0.05) is 20.3 Å². The standard InChI is InChI=1S/C10H21N.C2H4O2/c1-3-6-10-7-5-9-11(10)8-4-2;1-2(3)4/h10H,3-9H2,1-2H3;1H3,(H,3,4). The van der Waals surface area contributed by atoms with Crippen LogP contribution in [-0.2, 0) is 4.79 Å². The number of aliphatic carboxylic acids is 1. The molecule has 3 heteroatoms. The molecule has 0 aromatic rings. The van der Waals surface area contributed by atoms with Gasteiger partial charge in [0, 0.05) is 18.8 Å². The van der Waals surface area contributed by atoms with Crippen LogP contribution in [0.2, 0.25) is 0 Å². The summed E-state index contributed by atoms with van der Waals surface area (Å²) in [4.78, 5) is 10.8. The van der Waals surface area contributed by atoms with Crippen LogP contribution < -0.4 is 10.0 Å². The van der Waals surface area contributed by atoms with Gasteiger partial charge in [0.05, 0.1) is 19.1 Å². The molecule has 0 aromatic carbocycles. The van der Waals surface area contributed by atoms with Gasteiger partial charge in [-0.05, 0) is 19.8 Å². The molecule has 1 heterocycles.